The van der Waals surface area contributed by atoms with Crippen molar-refractivity contribution < 1.29 is 140 Å². The minimum absolute atomic E-state index is 0. The van der Waals surface area contributed by atoms with Crippen molar-refractivity contribution in [2.75, 3.05) is 6.61 Å². The first kappa shape index (κ1) is 83.4. The number of rotatable bonds is 18. The molecule has 0 radical (unpaired) electrons. The number of phenolic OH excluding ortho intramolecular Hbond substituents is 1. The molecule has 0 saturated carbocycles. The molecule has 0 saturated heterocycles. The van der Waals surface area contributed by atoms with Gasteiger partial charge in [-0.2, -0.15) is 0 Å². The molecule has 8 aromatic carbocycles. The van der Waals surface area contributed by atoms with Gasteiger partial charge in [0.1, 0.15) is 30.5 Å². The molecule has 0 aliphatic heterocycles. The molecule has 7 N–H and O–H groups in total. The van der Waals surface area contributed by atoms with Crippen molar-refractivity contribution in [2.24, 2.45) is 0 Å². The van der Waals surface area contributed by atoms with Gasteiger partial charge in [0.25, 0.3) is 0 Å². The maximum absolute atomic E-state index is 12.5. The number of hydrogen-bond donors (Lipinski definition) is 6. The molecule has 0 unspecified atom stereocenters. The molecule has 18 nitrogen and oxygen atoms in total. The molecule has 0 bridgehead atoms. The number of ketones is 3. The van der Waals surface area contributed by atoms with Crippen LogP contribution in [-0.4, -0.2) is 106 Å². The molecule has 0 spiro atoms. The predicted octanol–water partition coefficient (Wildman–Crippen LogP) is 10.7. The van der Waals surface area contributed by atoms with Crippen LogP contribution in [0.3, 0.4) is 0 Å². The van der Waals surface area contributed by atoms with Crippen LogP contribution in [0.25, 0.3) is 0 Å². The monoisotopic (exact) mass is 1360 g/mol. The number of carboxylic acid groups (broad SMARTS) is 2. The van der Waals surface area contributed by atoms with E-state index >= 15 is 0 Å². The zero-order valence-electron chi connectivity index (χ0n) is 53.0. The van der Waals surface area contributed by atoms with Crippen molar-refractivity contribution in [2.45, 2.75) is 97.9 Å². The number of carboxylic acids is 2. The van der Waals surface area contributed by atoms with E-state index < -0.39 is 46.3 Å². The summed E-state index contributed by atoms with van der Waals surface area (Å²) in [5, 5.41) is 53.2. The molecule has 93 heavy (non-hydrogen) atoms. The maximum Gasteiger partial charge on any atom is 1.00 e. The van der Waals surface area contributed by atoms with Gasteiger partial charge >= 0.3 is 75.3 Å². The van der Waals surface area contributed by atoms with Gasteiger partial charge in [0.15, 0.2) is 39.8 Å². The zero-order valence-corrected chi connectivity index (χ0v) is 58.4. The van der Waals surface area contributed by atoms with Gasteiger partial charge in [-0.25, -0.2) is 19.2 Å². The van der Waals surface area contributed by atoms with Crippen molar-refractivity contribution in [3.05, 3.63) is 266 Å². The minimum Gasteiger partial charge on any atom is -0.870 e. The molecule has 0 fully saturated rings. The predicted molar refractivity (Wildman–Crippen MR) is 350 cm³/mol. The van der Waals surface area contributed by atoms with E-state index in [-0.39, 0.29) is 99.8 Å². The van der Waals surface area contributed by atoms with Crippen molar-refractivity contribution in [1.82, 2.24) is 0 Å². The smallest absolute Gasteiger partial charge is 0.870 e. The summed E-state index contributed by atoms with van der Waals surface area (Å²) in [4.78, 5) is 81.1. The van der Waals surface area contributed by atoms with Crippen LogP contribution in [0.1, 0.15) is 121 Å². The Morgan fingerprint density at radius 1 is 0.387 bits per heavy atom. The summed E-state index contributed by atoms with van der Waals surface area (Å²) >= 11 is 17.4. The Kier molecular flexibility index (Phi) is 36.3. The fourth-order valence-corrected chi connectivity index (χ4v) is 7.11. The van der Waals surface area contributed by atoms with E-state index in [9.17, 15) is 38.7 Å². The van der Waals surface area contributed by atoms with E-state index in [1.807, 2.05) is 60.7 Å². The Morgan fingerprint density at radius 3 is 0.892 bits per heavy atom. The third kappa shape index (κ3) is 30.8. The normalized spacial score (nSPS) is 10.5. The molecule has 488 valence electrons. The van der Waals surface area contributed by atoms with E-state index in [0.717, 1.165) is 11.1 Å². The van der Waals surface area contributed by atoms with Gasteiger partial charge in [0.2, 0.25) is 0 Å². The fourth-order valence-electron chi connectivity index (χ4n) is 6.74. The number of carbonyl (C=O) groups excluding carboxylic acids is 5. The van der Waals surface area contributed by atoms with Crippen LogP contribution in [0.15, 0.2) is 206 Å². The first-order valence-electron chi connectivity index (χ1n) is 27.9. The van der Waals surface area contributed by atoms with Gasteiger partial charge in [0, 0.05) is 55.1 Å². The first-order chi connectivity index (χ1) is 42.7. The number of ether oxygens (including phenoxy) is 4. The summed E-state index contributed by atoms with van der Waals surface area (Å²) in [6.07, 6.45) is 0. The Bertz CT molecular complexity index is 3550. The maximum atomic E-state index is 12.5. The average Bonchev–Trinajstić information content (AvgIpc) is 1.35. The summed E-state index contributed by atoms with van der Waals surface area (Å²) < 4.78 is 21.5. The van der Waals surface area contributed by atoms with E-state index in [1.165, 1.54) is 53.7 Å². The summed E-state index contributed by atoms with van der Waals surface area (Å²) in [5.41, 5.74) is -0.488. The fraction of sp³-hybridized carbons (Fsp3) is 0.225. The number of carbonyl (C=O) groups is 7. The summed E-state index contributed by atoms with van der Waals surface area (Å²) in [7, 11) is 0. The van der Waals surface area contributed by atoms with Crippen molar-refractivity contribution in [3.8, 4) is 17.2 Å². The minimum atomic E-state index is -1.58. The number of aromatic hydroxyl groups is 1. The second kappa shape index (κ2) is 40.5. The molecule has 22 heteroatoms. The van der Waals surface area contributed by atoms with E-state index in [2.05, 4.69) is 0 Å². The quantitative estimate of drug-likeness (QED) is 0.0264. The molecule has 0 atom stereocenters. The Balaban J connectivity index is 0.000000604. The molecule has 0 amide bonds. The number of aliphatic hydroxyl groups excluding tert-OH is 1. The van der Waals surface area contributed by atoms with Crippen LogP contribution in [0.2, 0.25) is 15.1 Å². The number of halogens is 3. The molecular formula is C71H74Cl3KO18. The largest absolute Gasteiger partial charge is 1.00 e. The standard InChI is InChI=1S/C24H21ClO4.C17H15ClO4.C13H9ClO2.C11H14O3.C4H8O3.C2H6O.K.H2O/c1-24(2,23(27)28-16-17-6-4-3-5-7-17)29-21-14-10-19(11-15-21)22(26)18-8-12-20(25)13-9-18;1-17(2,16(20)21)22-14-9-5-12(6-10-14)15(19)11-3-7-13(18)8-4-11;14-11-5-1-9(2-6-11)13(16)10-3-7-12(15)8-4-10;1-11(2,13)10(12)14-8-9-6-4-3-5-7-9;1-4(2,7)3(5)6;1-2-3;;/h3-15H,16H2,1-2H3;3-10H,1-2H3,(H,20,21);1-8,15H;3-7,13H,8H2,1-2H3;7H,1-2H3,(H,5,6);3H,2H2,1H3;;1H2/q;;;;;;+1;/p-1. The van der Waals surface area contributed by atoms with E-state index in [1.54, 1.807) is 154 Å². The SMILES string of the molecule is CC(C)(O)C(=O)O.CC(C)(O)C(=O)OCc1ccccc1.CC(C)(Oc1ccc(C(=O)c2ccc(Cl)cc2)cc1)C(=O)O.CC(C)(Oc1ccc(C(=O)c2ccc(Cl)cc2)cc1)C(=O)OCc1ccccc1.CCO.O=C(c1ccc(O)cc1)c1ccc(Cl)cc1.[K+].[OH-]. The zero-order chi connectivity index (χ0) is 68.1. The van der Waals surface area contributed by atoms with Crippen LogP contribution < -0.4 is 60.9 Å². The molecule has 8 aromatic rings. The van der Waals surface area contributed by atoms with Gasteiger partial charge < -0.3 is 55.1 Å². The van der Waals surface area contributed by atoms with Gasteiger partial charge in [-0.3, -0.25) is 14.4 Å². The van der Waals surface area contributed by atoms with Crippen molar-refractivity contribution in [3.63, 3.8) is 0 Å². The number of aliphatic carboxylic acids is 2. The molecule has 8 rings (SSSR count). The Morgan fingerprint density at radius 2 is 0.634 bits per heavy atom. The molecule has 0 aliphatic carbocycles. The molecule has 0 aromatic heterocycles. The topological polar surface area (TPSA) is 308 Å². The van der Waals surface area contributed by atoms with E-state index in [0.29, 0.717) is 59.9 Å². The van der Waals surface area contributed by atoms with Gasteiger partial charge in [0.05, 0.1) is 0 Å². The van der Waals surface area contributed by atoms with Crippen LogP contribution in [0.5, 0.6) is 17.2 Å². The second-order valence-corrected chi connectivity index (χ2v) is 22.8. The number of phenols is 1. The summed E-state index contributed by atoms with van der Waals surface area (Å²) in [6.45, 7) is 13.8. The molecule has 0 heterocycles. The molecular weight excluding hydrogens is 1290 g/mol. The van der Waals surface area contributed by atoms with Gasteiger partial charge in [-0.05, 0) is 219 Å². The summed E-state index contributed by atoms with van der Waals surface area (Å²) in [6, 6.07) is 58.0. The van der Waals surface area contributed by atoms with Crippen LogP contribution in [0.4, 0.5) is 0 Å². The van der Waals surface area contributed by atoms with Crippen molar-refractivity contribution >= 4 is 76.0 Å². The third-order valence-corrected chi connectivity index (χ3v) is 12.6. The van der Waals surface area contributed by atoms with Crippen molar-refractivity contribution in [1.29, 1.82) is 0 Å². The van der Waals surface area contributed by atoms with E-state index in [4.69, 9.17) is 79.3 Å². The first-order valence-corrected chi connectivity index (χ1v) is 29.0. The summed E-state index contributed by atoms with van der Waals surface area (Å²) in [5.74, 6) is -2.68. The van der Waals surface area contributed by atoms with Crippen LogP contribution in [0, 0.1) is 0 Å². The van der Waals surface area contributed by atoms with Crippen LogP contribution >= 0.6 is 34.8 Å². The molecule has 0 aliphatic rings. The second-order valence-electron chi connectivity index (χ2n) is 21.5. The number of aliphatic hydroxyl groups is 3. The third-order valence-electron chi connectivity index (χ3n) is 11.9. The Labute approximate surface area is 598 Å². The Hall–Kier alpha value is -7.60. The van der Waals surface area contributed by atoms with Crippen LogP contribution in [-0.2, 0) is 41.9 Å². The number of hydrogen-bond acceptors (Lipinski definition) is 16. The number of esters is 2. The van der Waals surface area contributed by atoms with Gasteiger partial charge in [-0.15, -0.1) is 0 Å². The number of benzene rings is 8. The van der Waals surface area contributed by atoms with Gasteiger partial charge in [-0.1, -0.05) is 95.5 Å². The average molecular weight is 1360 g/mol.